The molecule has 1 aromatic carbocycles. The number of halogens is 6. The Hall–Kier alpha value is -4.29. The van der Waals surface area contributed by atoms with Gasteiger partial charge in [0.25, 0.3) is 17.7 Å². The minimum absolute atomic E-state index is 0.0296. The van der Waals surface area contributed by atoms with Gasteiger partial charge < -0.3 is 35.8 Å². The third-order valence-corrected chi connectivity index (χ3v) is 10.0. The number of aromatic nitrogens is 4. The van der Waals surface area contributed by atoms with Crippen molar-refractivity contribution < 1.29 is 41.4 Å². The van der Waals surface area contributed by atoms with Gasteiger partial charge in [-0.2, -0.15) is 18.3 Å². The molecule has 6 unspecified atom stereocenters. The summed E-state index contributed by atoms with van der Waals surface area (Å²) in [6.45, 7) is 1.93. The molecule has 2 saturated heterocycles. The van der Waals surface area contributed by atoms with Crippen LogP contribution in [0, 0.1) is 11.8 Å². The molecule has 4 heterocycles. The van der Waals surface area contributed by atoms with Crippen LogP contribution in [0.4, 0.5) is 32.4 Å². The van der Waals surface area contributed by atoms with E-state index in [0.29, 0.717) is 37.3 Å². The second kappa shape index (κ2) is 11.9. The van der Waals surface area contributed by atoms with Crippen LogP contribution in [0.5, 0.6) is 0 Å². The fourth-order valence-electron chi connectivity index (χ4n) is 6.82. The van der Waals surface area contributed by atoms with E-state index >= 15 is 0 Å². The third kappa shape index (κ3) is 6.20. The monoisotopic (exact) mass is 711 g/mol. The van der Waals surface area contributed by atoms with Crippen molar-refractivity contribution in [1.29, 1.82) is 0 Å². The molecule has 262 valence electrons. The molecule has 0 radical (unpaired) electrons. The zero-order chi connectivity index (χ0) is 35.0. The van der Waals surface area contributed by atoms with Gasteiger partial charge >= 0.3 is 12.2 Å². The number of carbonyl (C=O) groups is 3. The van der Waals surface area contributed by atoms with Gasteiger partial charge in [0.2, 0.25) is 0 Å². The minimum atomic E-state index is -4.95. The molecule has 13 nitrogen and oxygen atoms in total. The zero-order valence-electron chi connectivity index (χ0n) is 25.8. The molecule has 4 fully saturated rings. The Labute approximate surface area is 280 Å². The van der Waals surface area contributed by atoms with Gasteiger partial charge in [-0.3, -0.25) is 14.3 Å². The number of aliphatic hydroxyl groups excluding tert-OH is 1. The summed E-state index contributed by atoms with van der Waals surface area (Å²) < 4.78 is 70.1. The Balaban J connectivity index is 0.975. The number of hydrogen-bond donors (Lipinski definition) is 5. The molecule has 2 aliphatic carbocycles. The van der Waals surface area contributed by atoms with E-state index in [1.54, 1.807) is 4.90 Å². The van der Waals surface area contributed by atoms with Crippen LogP contribution in [-0.4, -0.2) is 97.5 Å². The number of amides is 4. The van der Waals surface area contributed by atoms with Gasteiger partial charge in [0.1, 0.15) is 6.04 Å². The summed E-state index contributed by atoms with van der Waals surface area (Å²) in [6.07, 6.45) is -3.64. The molecule has 19 heteroatoms. The lowest BCUT2D eigenvalue weighted by Gasteiger charge is -2.39. The molecule has 4 amide bonds. The van der Waals surface area contributed by atoms with Crippen molar-refractivity contribution in [2.45, 2.75) is 49.2 Å². The first-order valence-corrected chi connectivity index (χ1v) is 15.9. The SMILES string of the molecule is Cn1c(-c2cn(C3CC3(F)F)nc2C(F)(F)F)cnc1C(=O)Nc1ccc(C(=O)NC2CC3CN(C(=O)NC4CNCC4O)CC32)c(Cl)c1. The summed E-state index contributed by atoms with van der Waals surface area (Å²) in [7, 11) is 1.30. The number of rotatable bonds is 7. The summed E-state index contributed by atoms with van der Waals surface area (Å²) in [5, 5.41) is 24.8. The number of carbonyl (C=O) groups excluding carboxylic acids is 3. The molecule has 0 spiro atoms. The number of benzene rings is 1. The number of hydrogen-bond acceptors (Lipinski definition) is 7. The fourth-order valence-corrected chi connectivity index (χ4v) is 7.08. The summed E-state index contributed by atoms with van der Waals surface area (Å²) in [5.74, 6) is -4.36. The molecule has 49 heavy (non-hydrogen) atoms. The van der Waals surface area contributed by atoms with Crippen LogP contribution in [0.3, 0.4) is 0 Å². The summed E-state index contributed by atoms with van der Waals surface area (Å²) in [4.78, 5) is 44.5. The molecule has 4 aliphatic rings. The zero-order valence-corrected chi connectivity index (χ0v) is 26.5. The highest BCUT2D eigenvalue weighted by molar-refractivity contribution is 6.34. The molecule has 5 N–H and O–H groups in total. The van der Waals surface area contributed by atoms with Crippen LogP contribution >= 0.6 is 11.6 Å². The van der Waals surface area contributed by atoms with Gasteiger partial charge in [0, 0.05) is 63.5 Å². The maximum absolute atomic E-state index is 13.8. The van der Waals surface area contributed by atoms with E-state index in [1.807, 2.05) is 0 Å². The standard InChI is InChI=1S/C30H31ClF5N9O4/c1-43-21(17-12-45(23-6-29(23,32)33)42-24(17)30(34,35)36)8-38-25(43)27(48)39-14-2-3-15(18(31)5-14)26(47)40-19-4-13-10-44(11-16(13)19)28(49)41-20-7-37-9-22(20)46/h2-3,5,8,12-13,16,19-20,22-23,37,46H,4,6-7,9-11H2,1H3,(H,39,48)(H,40,47)(H,41,49). The number of nitrogens with one attached hydrogen (secondary N) is 4. The van der Waals surface area contributed by atoms with Crippen molar-refractivity contribution in [2.75, 3.05) is 31.5 Å². The average Bonchev–Trinajstić information content (AvgIpc) is 3.53. The number of fused-ring (bicyclic) bond motifs is 1. The first-order valence-electron chi connectivity index (χ1n) is 15.5. The van der Waals surface area contributed by atoms with Crippen molar-refractivity contribution in [3.63, 3.8) is 0 Å². The van der Waals surface area contributed by atoms with E-state index in [-0.39, 0.29) is 57.7 Å². The topological polar surface area (TPSA) is 158 Å². The normalized spacial score (nSPS) is 27.0. The van der Waals surface area contributed by atoms with Gasteiger partial charge in [-0.15, -0.1) is 0 Å². The van der Waals surface area contributed by atoms with Gasteiger partial charge in [0.15, 0.2) is 11.5 Å². The van der Waals surface area contributed by atoms with E-state index in [1.165, 1.54) is 25.2 Å². The predicted molar refractivity (Wildman–Crippen MR) is 163 cm³/mol. The lowest BCUT2D eigenvalue weighted by Crippen LogP contribution is -2.52. The first-order chi connectivity index (χ1) is 23.1. The van der Waals surface area contributed by atoms with Crippen LogP contribution < -0.4 is 21.3 Å². The second-order valence-electron chi connectivity index (χ2n) is 13.0. The van der Waals surface area contributed by atoms with Crippen LogP contribution in [0.25, 0.3) is 11.3 Å². The smallest absolute Gasteiger partial charge is 0.390 e. The molecule has 3 aromatic rings. The summed E-state index contributed by atoms with van der Waals surface area (Å²) in [5.41, 5.74) is -1.71. The predicted octanol–water partition coefficient (Wildman–Crippen LogP) is 2.88. The average molecular weight is 712 g/mol. The molecule has 0 bridgehead atoms. The van der Waals surface area contributed by atoms with Gasteiger partial charge in [0.05, 0.1) is 40.2 Å². The maximum atomic E-state index is 13.8. The molecule has 6 atom stereocenters. The van der Waals surface area contributed by atoms with Crippen LogP contribution in [0.2, 0.25) is 5.02 Å². The maximum Gasteiger partial charge on any atom is 0.435 e. The summed E-state index contributed by atoms with van der Waals surface area (Å²) >= 11 is 6.41. The van der Waals surface area contributed by atoms with E-state index in [4.69, 9.17) is 11.6 Å². The summed E-state index contributed by atoms with van der Waals surface area (Å²) in [6, 6.07) is 1.93. The quantitative estimate of drug-likeness (QED) is 0.236. The number of nitrogens with zero attached hydrogens (tertiary/aromatic N) is 5. The first kappa shape index (κ1) is 33.2. The molecular formula is C30H31ClF5N9O4. The van der Waals surface area contributed by atoms with Crippen LogP contribution in [0.1, 0.15) is 45.6 Å². The van der Waals surface area contributed by atoms with Gasteiger partial charge in [-0.05, 0) is 30.5 Å². The van der Waals surface area contributed by atoms with E-state index in [2.05, 4.69) is 31.3 Å². The largest absolute Gasteiger partial charge is 0.435 e. The second-order valence-corrected chi connectivity index (χ2v) is 13.4. The highest BCUT2D eigenvalue weighted by atomic mass is 35.5. The van der Waals surface area contributed by atoms with Gasteiger partial charge in [-0.25, -0.2) is 18.6 Å². The fraction of sp³-hybridized carbons (Fsp3) is 0.500. The number of urea groups is 1. The molecule has 2 saturated carbocycles. The third-order valence-electron chi connectivity index (χ3n) is 9.71. The van der Waals surface area contributed by atoms with Gasteiger partial charge in [-0.1, -0.05) is 11.6 Å². The van der Waals surface area contributed by atoms with E-state index in [9.17, 15) is 41.4 Å². The Kier molecular flexibility index (Phi) is 8.10. The Morgan fingerprint density at radius 3 is 2.51 bits per heavy atom. The van der Waals surface area contributed by atoms with Crippen molar-refractivity contribution in [1.82, 2.24) is 40.2 Å². The molecular weight excluding hydrogens is 681 g/mol. The molecule has 2 aromatic heterocycles. The Morgan fingerprint density at radius 1 is 1.10 bits per heavy atom. The lowest BCUT2D eigenvalue weighted by atomic mass is 9.71. The number of β-amino-alcohol motifs (C(OH)–C–C–N with tert-alkyl or cyclic N) is 1. The van der Waals surface area contributed by atoms with Crippen molar-refractivity contribution >= 4 is 35.1 Å². The highest BCUT2D eigenvalue weighted by Gasteiger charge is 2.59. The van der Waals surface area contributed by atoms with E-state index in [0.717, 1.165) is 17.0 Å². The van der Waals surface area contributed by atoms with Crippen molar-refractivity contribution in [2.24, 2.45) is 18.9 Å². The minimum Gasteiger partial charge on any atom is -0.390 e. The number of imidazole rings is 1. The number of anilines is 1. The molecule has 2 aliphatic heterocycles. The van der Waals surface area contributed by atoms with Crippen LogP contribution in [-0.2, 0) is 13.2 Å². The molecule has 7 rings (SSSR count). The number of aliphatic hydroxyl groups is 1. The van der Waals surface area contributed by atoms with Crippen LogP contribution in [0.15, 0.2) is 30.6 Å². The van der Waals surface area contributed by atoms with Crippen molar-refractivity contribution in [3.05, 3.63) is 52.7 Å². The highest BCUT2D eigenvalue weighted by Crippen LogP contribution is 2.53. The van der Waals surface area contributed by atoms with Crippen molar-refractivity contribution in [3.8, 4) is 11.3 Å². The number of alkyl halides is 5. The Bertz CT molecular complexity index is 1830. The lowest BCUT2D eigenvalue weighted by molar-refractivity contribution is -0.141. The number of likely N-dealkylation sites (tertiary alicyclic amines) is 1. The Morgan fingerprint density at radius 2 is 1.86 bits per heavy atom. The van der Waals surface area contributed by atoms with E-state index < -0.39 is 53.7 Å².